The largest absolute Gasteiger partial charge is 0.329 e. The van der Waals surface area contributed by atoms with Crippen LogP contribution in [0.25, 0.3) is 5.65 Å². The average molecular weight is 258 g/mol. The number of fused-ring (bicyclic) bond motifs is 1. The van der Waals surface area contributed by atoms with Crippen LogP contribution < -0.4 is 10.2 Å². The van der Waals surface area contributed by atoms with Crippen LogP contribution in [0.2, 0.25) is 0 Å². The molecule has 0 aromatic carbocycles. The average Bonchev–Trinajstić information content (AvgIpc) is 2.81. The van der Waals surface area contributed by atoms with E-state index in [0.717, 1.165) is 0 Å². The molecule has 7 nitrogen and oxygen atoms in total. The van der Waals surface area contributed by atoms with E-state index in [1.807, 2.05) is 0 Å². The molecule has 0 saturated carbocycles. The smallest absolute Gasteiger partial charge is 0.304 e. The monoisotopic (exact) mass is 258 g/mol. The zero-order valence-electron chi connectivity index (χ0n) is 9.87. The predicted molar refractivity (Wildman–Crippen MR) is 66.1 cm³/mol. The summed E-state index contributed by atoms with van der Waals surface area (Å²) in [5, 5.41) is 2.23. The van der Waals surface area contributed by atoms with Gasteiger partial charge >= 0.3 is 6.03 Å². The van der Waals surface area contributed by atoms with Gasteiger partial charge in [-0.3, -0.25) is 19.8 Å². The molecule has 0 spiro atoms. The molecular weight excluding hydrogens is 248 g/mol. The number of urea groups is 1. The van der Waals surface area contributed by atoms with Crippen molar-refractivity contribution < 1.29 is 14.4 Å². The van der Waals surface area contributed by atoms with Crippen molar-refractivity contribution >= 4 is 29.7 Å². The summed E-state index contributed by atoms with van der Waals surface area (Å²) in [5.41, 5.74) is 0.930. The van der Waals surface area contributed by atoms with E-state index in [1.54, 1.807) is 28.9 Å². The number of rotatable bonds is 2. The van der Waals surface area contributed by atoms with Gasteiger partial charge in [-0.1, -0.05) is 0 Å². The Kier molecular flexibility index (Phi) is 2.52. The number of carbonyl (C=O) groups is 3. The lowest BCUT2D eigenvalue weighted by Gasteiger charge is -2.24. The maximum atomic E-state index is 11.7. The minimum absolute atomic E-state index is 0.236. The second-order valence-corrected chi connectivity index (χ2v) is 4.17. The molecular formula is C12H10N4O3. The Balaban J connectivity index is 2.04. The van der Waals surface area contributed by atoms with Crippen molar-refractivity contribution in [3.8, 4) is 0 Å². The SMILES string of the molecule is O=Cc1cccn2cc(N3CCC(=O)NC3=O)nc12. The first kappa shape index (κ1) is 11.4. The number of carbonyl (C=O) groups excluding carboxylic acids is 3. The van der Waals surface area contributed by atoms with Crippen molar-refractivity contribution in [1.82, 2.24) is 14.7 Å². The molecule has 7 heteroatoms. The van der Waals surface area contributed by atoms with Gasteiger partial charge in [0.15, 0.2) is 12.1 Å². The molecule has 0 atom stereocenters. The van der Waals surface area contributed by atoms with E-state index >= 15 is 0 Å². The van der Waals surface area contributed by atoms with E-state index in [4.69, 9.17) is 0 Å². The quantitative estimate of drug-likeness (QED) is 0.799. The Morgan fingerprint density at radius 2 is 2.21 bits per heavy atom. The first-order valence-corrected chi connectivity index (χ1v) is 5.73. The Morgan fingerprint density at radius 3 is 2.95 bits per heavy atom. The van der Waals surface area contributed by atoms with Crippen LogP contribution in [0.3, 0.4) is 0 Å². The summed E-state index contributed by atoms with van der Waals surface area (Å²) in [5.74, 6) is 0.123. The number of hydrogen-bond acceptors (Lipinski definition) is 4. The number of imide groups is 1. The lowest BCUT2D eigenvalue weighted by molar-refractivity contribution is -0.120. The van der Waals surface area contributed by atoms with Gasteiger partial charge < -0.3 is 4.40 Å². The van der Waals surface area contributed by atoms with Crippen LogP contribution in [0.4, 0.5) is 10.6 Å². The first-order valence-electron chi connectivity index (χ1n) is 5.73. The molecule has 0 radical (unpaired) electrons. The van der Waals surface area contributed by atoms with Gasteiger partial charge in [-0.25, -0.2) is 9.78 Å². The van der Waals surface area contributed by atoms with Crippen molar-refractivity contribution in [1.29, 1.82) is 0 Å². The van der Waals surface area contributed by atoms with Crippen LogP contribution in [0.1, 0.15) is 16.8 Å². The summed E-state index contributed by atoms with van der Waals surface area (Å²) < 4.78 is 1.67. The fraction of sp³-hybridized carbons (Fsp3) is 0.167. The standard InChI is InChI=1S/C12H10N4O3/c17-7-8-2-1-4-15-6-9(13-11(8)15)16-5-3-10(18)14-12(16)19/h1-2,4,6-7H,3,5H2,(H,14,18,19). The van der Waals surface area contributed by atoms with E-state index in [9.17, 15) is 14.4 Å². The zero-order chi connectivity index (χ0) is 13.4. The molecule has 1 aliphatic heterocycles. The molecule has 3 heterocycles. The molecule has 96 valence electrons. The summed E-state index contributed by atoms with van der Waals surface area (Å²) >= 11 is 0. The van der Waals surface area contributed by atoms with Gasteiger partial charge in [0.1, 0.15) is 5.65 Å². The highest BCUT2D eigenvalue weighted by atomic mass is 16.2. The number of imidazole rings is 1. The van der Waals surface area contributed by atoms with Crippen LogP contribution >= 0.6 is 0 Å². The number of amides is 3. The molecule has 2 aromatic heterocycles. The fourth-order valence-electron chi connectivity index (χ4n) is 2.03. The molecule has 1 N–H and O–H groups in total. The summed E-state index contributed by atoms with van der Waals surface area (Å²) in [6, 6.07) is 2.88. The highest BCUT2D eigenvalue weighted by molar-refractivity contribution is 6.05. The number of nitrogens with one attached hydrogen (secondary N) is 1. The third kappa shape index (κ3) is 1.85. The third-order valence-corrected chi connectivity index (χ3v) is 2.96. The van der Waals surface area contributed by atoms with Gasteiger partial charge in [0, 0.05) is 19.2 Å². The molecule has 1 aliphatic rings. The van der Waals surface area contributed by atoms with Crippen molar-refractivity contribution in [3.05, 3.63) is 30.1 Å². The first-order chi connectivity index (χ1) is 9.19. The molecule has 19 heavy (non-hydrogen) atoms. The molecule has 0 unspecified atom stereocenters. The maximum Gasteiger partial charge on any atom is 0.329 e. The van der Waals surface area contributed by atoms with Crippen LogP contribution in [0.15, 0.2) is 24.5 Å². The number of hydrogen-bond donors (Lipinski definition) is 1. The number of nitrogens with zero attached hydrogens (tertiary/aromatic N) is 3. The van der Waals surface area contributed by atoms with Crippen LogP contribution in [0, 0.1) is 0 Å². The summed E-state index contributed by atoms with van der Waals surface area (Å²) in [7, 11) is 0. The molecule has 0 bridgehead atoms. The van der Waals surface area contributed by atoms with E-state index in [2.05, 4.69) is 10.3 Å². The zero-order valence-corrected chi connectivity index (χ0v) is 9.87. The third-order valence-electron chi connectivity index (χ3n) is 2.96. The van der Waals surface area contributed by atoms with E-state index in [-0.39, 0.29) is 18.9 Å². The van der Waals surface area contributed by atoms with Gasteiger partial charge in [-0.05, 0) is 12.1 Å². The molecule has 3 amide bonds. The van der Waals surface area contributed by atoms with E-state index in [1.165, 1.54) is 4.90 Å². The minimum Gasteiger partial charge on any atom is -0.304 e. The predicted octanol–water partition coefficient (Wildman–Crippen LogP) is 0.593. The summed E-state index contributed by atoms with van der Waals surface area (Å²) in [4.78, 5) is 39.4. The highest BCUT2D eigenvalue weighted by Gasteiger charge is 2.26. The fourth-order valence-corrected chi connectivity index (χ4v) is 2.03. The highest BCUT2D eigenvalue weighted by Crippen LogP contribution is 2.18. The van der Waals surface area contributed by atoms with E-state index in [0.29, 0.717) is 23.3 Å². The Labute approximate surface area is 107 Å². The van der Waals surface area contributed by atoms with Crippen molar-refractivity contribution in [2.24, 2.45) is 0 Å². The topological polar surface area (TPSA) is 83.8 Å². The number of aromatic nitrogens is 2. The number of pyridine rings is 1. The second kappa shape index (κ2) is 4.20. The van der Waals surface area contributed by atoms with Gasteiger partial charge in [0.2, 0.25) is 5.91 Å². The molecule has 0 aliphatic carbocycles. The van der Waals surface area contributed by atoms with Crippen LogP contribution in [-0.4, -0.2) is 34.2 Å². The van der Waals surface area contributed by atoms with Gasteiger partial charge in [0.25, 0.3) is 0 Å². The van der Waals surface area contributed by atoms with Gasteiger partial charge in [0.05, 0.1) is 11.8 Å². The van der Waals surface area contributed by atoms with Gasteiger partial charge in [-0.2, -0.15) is 0 Å². The molecule has 1 fully saturated rings. The van der Waals surface area contributed by atoms with Crippen molar-refractivity contribution in [2.45, 2.75) is 6.42 Å². The van der Waals surface area contributed by atoms with Crippen molar-refractivity contribution in [2.75, 3.05) is 11.4 Å². The number of aldehydes is 1. The normalized spacial score (nSPS) is 15.7. The van der Waals surface area contributed by atoms with Gasteiger partial charge in [-0.15, -0.1) is 0 Å². The lowest BCUT2D eigenvalue weighted by atomic mass is 10.3. The number of anilines is 1. The van der Waals surface area contributed by atoms with E-state index < -0.39 is 6.03 Å². The second-order valence-electron chi connectivity index (χ2n) is 4.17. The summed E-state index contributed by atoms with van der Waals surface area (Å²) in [6.07, 6.45) is 4.34. The summed E-state index contributed by atoms with van der Waals surface area (Å²) in [6.45, 7) is 0.283. The van der Waals surface area contributed by atoms with Crippen LogP contribution in [-0.2, 0) is 4.79 Å². The Bertz CT molecular complexity index is 691. The minimum atomic E-state index is -0.493. The molecule has 1 saturated heterocycles. The Morgan fingerprint density at radius 1 is 1.37 bits per heavy atom. The molecule has 2 aromatic rings. The maximum absolute atomic E-state index is 11.7. The van der Waals surface area contributed by atoms with Crippen LogP contribution in [0.5, 0.6) is 0 Å². The lowest BCUT2D eigenvalue weighted by Crippen LogP contribution is -2.49. The molecule has 3 rings (SSSR count). The van der Waals surface area contributed by atoms with Crippen molar-refractivity contribution in [3.63, 3.8) is 0 Å². The Hall–Kier alpha value is -2.70.